The van der Waals surface area contributed by atoms with E-state index in [2.05, 4.69) is 10.1 Å². The number of hydrogen-bond acceptors (Lipinski definition) is 4. The predicted molar refractivity (Wildman–Crippen MR) is 56.1 cm³/mol. The lowest BCUT2D eigenvalue weighted by Gasteiger charge is -2.02. The van der Waals surface area contributed by atoms with Gasteiger partial charge in [0.15, 0.2) is 5.17 Å². The number of thioether (sulfide) groups is 1. The topological polar surface area (TPSA) is 77.3 Å². The van der Waals surface area contributed by atoms with Crippen molar-refractivity contribution in [1.29, 1.82) is 0 Å². The van der Waals surface area contributed by atoms with Crippen molar-refractivity contribution in [1.82, 2.24) is 4.98 Å². The molecule has 0 radical (unpaired) electrons. The van der Waals surface area contributed by atoms with Crippen LogP contribution in [0.2, 0.25) is 0 Å². The Balaban J connectivity index is 2.60. The first-order chi connectivity index (χ1) is 6.24. The molecule has 4 N–H and O–H groups in total. The molecule has 0 saturated carbocycles. The standard InChI is InChI=1S/C8H12N4S/c1-6-3-2-4-11-7(6)5-13-8(9)12-10/h2-4H,5,10H2,1H3,(H2,9,12). The zero-order valence-corrected chi connectivity index (χ0v) is 8.21. The number of hydrazone groups is 1. The van der Waals surface area contributed by atoms with E-state index in [0.29, 0.717) is 10.9 Å². The second-order valence-corrected chi connectivity index (χ2v) is 3.52. The molecule has 70 valence electrons. The third-order valence-corrected chi connectivity index (χ3v) is 2.42. The van der Waals surface area contributed by atoms with E-state index in [1.54, 1.807) is 6.20 Å². The van der Waals surface area contributed by atoms with Gasteiger partial charge in [-0.1, -0.05) is 17.8 Å². The molecule has 0 spiro atoms. The average Bonchev–Trinajstić information content (AvgIpc) is 2.16. The van der Waals surface area contributed by atoms with Crippen LogP contribution in [0.25, 0.3) is 0 Å². The minimum Gasteiger partial charge on any atom is -0.377 e. The number of amidine groups is 1. The first kappa shape index (κ1) is 9.85. The molecule has 0 bridgehead atoms. The summed E-state index contributed by atoms with van der Waals surface area (Å²) >= 11 is 1.38. The second kappa shape index (κ2) is 4.71. The quantitative estimate of drug-likeness (QED) is 0.317. The predicted octanol–water partition coefficient (Wildman–Crippen LogP) is 0.812. The fourth-order valence-corrected chi connectivity index (χ4v) is 1.51. The van der Waals surface area contributed by atoms with Crippen molar-refractivity contribution in [3.63, 3.8) is 0 Å². The van der Waals surface area contributed by atoms with Crippen molar-refractivity contribution < 1.29 is 0 Å². The Kier molecular flexibility index (Phi) is 3.57. The number of nitrogens with zero attached hydrogens (tertiary/aromatic N) is 2. The summed E-state index contributed by atoms with van der Waals surface area (Å²) in [7, 11) is 0. The van der Waals surface area contributed by atoms with Crippen LogP contribution in [0.1, 0.15) is 11.3 Å². The van der Waals surface area contributed by atoms with Gasteiger partial charge < -0.3 is 11.6 Å². The second-order valence-electron chi connectivity index (χ2n) is 2.52. The summed E-state index contributed by atoms with van der Waals surface area (Å²) < 4.78 is 0. The lowest BCUT2D eigenvalue weighted by Crippen LogP contribution is -2.09. The van der Waals surface area contributed by atoms with Gasteiger partial charge in [0.05, 0.1) is 5.69 Å². The van der Waals surface area contributed by atoms with E-state index in [9.17, 15) is 0 Å². The van der Waals surface area contributed by atoms with Crippen LogP contribution < -0.4 is 11.6 Å². The number of aromatic nitrogens is 1. The van der Waals surface area contributed by atoms with E-state index in [1.165, 1.54) is 11.8 Å². The Hall–Kier alpha value is -1.23. The fraction of sp³-hybridized carbons (Fsp3) is 0.250. The Labute approximate surface area is 81.4 Å². The van der Waals surface area contributed by atoms with Crippen molar-refractivity contribution in [3.05, 3.63) is 29.6 Å². The molecule has 1 heterocycles. The summed E-state index contributed by atoms with van der Waals surface area (Å²) in [6, 6.07) is 3.92. The zero-order valence-electron chi connectivity index (χ0n) is 7.40. The van der Waals surface area contributed by atoms with Gasteiger partial charge in [-0.3, -0.25) is 4.98 Å². The third-order valence-electron chi connectivity index (χ3n) is 1.60. The maximum Gasteiger partial charge on any atom is 0.177 e. The van der Waals surface area contributed by atoms with E-state index < -0.39 is 0 Å². The maximum atomic E-state index is 5.43. The first-order valence-electron chi connectivity index (χ1n) is 3.80. The van der Waals surface area contributed by atoms with Gasteiger partial charge in [-0.05, 0) is 18.6 Å². The van der Waals surface area contributed by atoms with Gasteiger partial charge in [0, 0.05) is 11.9 Å². The van der Waals surface area contributed by atoms with Gasteiger partial charge in [-0.15, -0.1) is 0 Å². The van der Waals surface area contributed by atoms with Crippen molar-refractivity contribution in [2.75, 3.05) is 0 Å². The summed E-state index contributed by atoms with van der Waals surface area (Å²) in [5.74, 6) is 5.70. The molecule has 1 aromatic rings. The molecule has 1 rings (SSSR count). The highest BCUT2D eigenvalue weighted by Gasteiger charge is 2.00. The molecule has 0 fully saturated rings. The molecule has 4 nitrogen and oxygen atoms in total. The lowest BCUT2D eigenvalue weighted by molar-refractivity contribution is 1.13. The number of pyridine rings is 1. The molecule has 0 aliphatic carbocycles. The van der Waals surface area contributed by atoms with Gasteiger partial charge in [-0.2, -0.15) is 5.10 Å². The first-order valence-corrected chi connectivity index (χ1v) is 4.79. The maximum absolute atomic E-state index is 5.43. The number of nitrogens with two attached hydrogens (primary N) is 2. The zero-order chi connectivity index (χ0) is 9.68. The molecule has 1 aromatic heterocycles. The smallest absolute Gasteiger partial charge is 0.177 e. The fourth-order valence-electron chi connectivity index (χ4n) is 0.849. The minimum atomic E-state index is 0.380. The molecule has 5 heteroatoms. The van der Waals surface area contributed by atoms with Crippen molar-refractivity contribution in [2.24, 2.45) is 16.7 Å². The van der Waals surface area contributed by atoms with Crippen LogP contribution in [0, 0.1) is 6.92 Å². The van der Waals surface area contributed by atoms with E-state index in [-0.39, 0.29) is 0 Å². The van der Waals surface area contributed by atoms with Crippen molar-refractivity contribution >= 4 is 16.9 Å². The third kappa shape index (κ3) is 2.95. The summed E-state index contributed by atoms with van der Waals surface area (Å²) in [4.78, 5) is 4.21. The minimum absolute atomic E-state index is 0.380. The van der Waals surface area contributed by atoms with E-state index in [0.717, 1.165) is 11.3 Å². The van der Waals surface area contributed by atoms with Crippen LogP contribution >= 0.6 is 11.8 Å². The van der Waals surface area contributed by atoms with Gasteiger partial charge >= 0.3 is 0 Å². The highest BCUT2D eigenvalue weighted by Crippen LogP contribution is 2.12. The number of hydrogen-bond donors (Lipinski definition) is 2. The monoisotopic (exact) mass is 196 g/mol. The summed E-state index contributed by atoms with van der Waals surface area (Å²) in [6.45, 7) is 2.01. The molecular weight excluding hydrogens is 184 g/mol. The van der Waals surface area contributed by atoms with Gasteiger partial charge in [0.2, 0.25) is 0 Å². The van der Waals surface area contributed by atoms with Gasteiger partial charge in [-0.25, -0.2) is 0 Å². The van der Waals surface area contributed by atoms with Crippen LogP contribution in [-0.4, -0.2) is 10.2 Å². The van der Waals surface area contributed by atoms with Crippen LogP contribution in [0.15, 0.2) is 23.4 Å². The Morgan fingerprint density at radius 2 is 2.46 bits per heavy atom. The molecule has 0 saturated heterocycles. The lowest BCUT2D eigenvalue weighted by atomic mass is 10.2. The molecular formula is C8H12N4S. The molecule has 0 atom stereocenters. The van der Waals surface area contributed by atoms with Crippen LogP contribution in [0.3, 0.4) is 0 Å². The SMILES string of the molecule is Cc1cccnc1CS/C(N)=N/N. The largest absolute Gasteiger partial charge is 0.377 e. The Morgan fingerprint density at radius 3 is 3.08 bits per heavy atom. The van der Waals surface area contributed by atoms with Gasteiger partial charge in [0.25, 0.3) is 0 Å². The molecule has 0 unspecified atom stereocenters. The van der Waals surface area contributed by atoms with Gasteiger partial charge in [0.1, 0.15) is 0 Å². The van der Waals surface area contributed by atoms with Crippen LogP contribution in [0.4, 0.5) is 0 Å². The number of aryl methyl sites for hydroxylation is 1. The normalized spacial score (nSPS) is 11.6. The highest BCUT2D eigenvalue weighted by molar-refractivity contribution is 8.13. The Morgan fingerprint density at radius 1 is 1.69 bits per heavy atom. The molecule has 0 aliphatic rings. The molecule has 13 heavy (non-hydrogen) atoms. The van der Waals surface area contributed by atoms with Crippen LogP contribution in [-0.2, 0) is 5.75 Å². The van der Waals surface area contributed by atoms with Crippen molar-refractivity contribution in [3.8, 4) is 0 Å². The molecule has 0 aliphatic heterocycles. The summed E-state index contributed by atoms with van der Waals surface area (Å²) in [5, 5.41) is 3.74. The molecule has 0 aromatic carbocycles. The van der Waals surface area contributed by atoms with Crippen LogP contribution in [0.5, 0.6) is 0 Å². The average molecular weight is 196 g/mol. The highest BCUT2D eigenvalue weighted by atomic mass is 32.2. The molecule has 0 amide bonds. The Bertz CT molecular complexity index is 311. The van der Waals surface area contributed by atoms with Crippen molar-refractivity contribution in [2.45, 2.75) is 12.7 Å². The van der Waals surface area contributed by atoms with E-state index >= 15 is 0 Å². The van der Waals surface area contributed by atoms with E-state index in [1.807, 2.05) is 19.1 Å². The summed E-state index contributed by atoms with van der Waals surface area (Å²) in [5.41, 5.74) is 7.60. The number of rotatable bonds is 2. The van der Waals surface area contributed by atoms with E-state index in [4.69, 9.17) is 11.6 Å². The summed E-state index contributed by atoms with van der Waals surface area (Å²) in [6.07, 6.45) is 1.76.